The van der Waals surface area contributed by atoms with E-state index in [-0.39, 0.29) is 5.75 Å². The van der Waals surface area contributed by atoms with Gasteiger partial charge in [0.05, 0.1) is 5.75 Å². The fourth-order valence-electron chi connectivity index (χ4n) is 0.327. The summed E-state index contributed by atoms with van der Waals surface area (Å²) in [5, 5.41) is 6.50. The predicted molar refractivity (Wildman–Crippen MR) is 37.3 cm³/mol. The Morgan fingerprint density at radius 1 is 1.40 bits per heavy atom. The van der Waals surface area contributed by atoms with Crippen LogP contribution in [0, 0.1) is 0 Å². The maximum Gasteiger partial charge on any atom is 0.264 e. The Hall–Kier alpha value is -0.170. The third-order valence-corrected chi connectivity index (χ3v) is 1.56. The molecule has 0 aliphatic rings. The van der Waals surface area contributed by atoms with Crippen LogP contribution >= 0.6 is 0 Å². The van der Waals surface area contributed by atoms with Crippen molar-refractivity contribution < 1.29 is 18.2 Å². The Balaban J connectivity index is 0. The van der Waals surface area contributed by atoms with Gasteiger partial charge >= 0.3 is 0 Å². The van der Waals surface area contributed by atoms with Crippen LogP contribution in [0.25, 0.3) is 0 Å². The van der Waals surface area contributed by atoms with Gasteiger partial charge in [-0.1, -0.05) is 13.3 Å². The second kappa shape index (κ2) is 6.94. The number of unbranched alkanes of at least 4 members (excludes halogenated alkanes) is 1. The van der Waals surface area contributed by atoms with Crippen molar-refractivity contribution in [1.82, 2.24) is 0 Å². The summed E-state index contributed by atoms with van der Waals surface area (Å²) in [7, 11) is -3.69. The molecule has 0 aromatic carbocycles. The van der Waals surface area contributed by atoms with E-state index in [0.717, 1.165) is 6.42 Å². The molecule has 0 spiro atoms. The maximum absolute atomic E-state index is 9.95. The largest absolute Gasteiger partial charge is 0.320 e. The third-order valence-electron chi connectivity index (χ3n) is 0.756. The number of hydrogen-bond acceptors (Lipinski definition) is 4. The van der Waals surface area contributed by atoms with E-state index in [9.17, 15) is 8.42 Å². The quantitative estimate of drug-likeness (QED) is 0.410. The molecule has 0 atom stereocenters. The normalized spacial score (nSPS) is 10.0. The molecule has 0 radical (unpaired) electrons. The topological polar surface area (TPSA) is 101 Å². The molecule has 0 bridgehead atoms. The van der Waals surface area contributed by atoms with Gasteiger partial charge in [0, 0.05) is 0 Å². The Labute approximate surface area is 60.6 Å². The van der Waals surface area contributed by atoms with Crippen molar-refractivity contribution in [3.05, 3.63) is 0 Å². The Morgan fingerprint density at radius 3 is 1.90 bits per heavy atom. The van der Waals surface area contributed by atoms with Crippen molar-refractivity contribution in [2.75, 3.05) is 5.75 Å². The van der Waals surface area contributed by atoms with Gasteiger partial charge in [-0.05, 0) is 6.42 Å². The van der Waals surface area contributed by atoms with Crippen molar-refractivity contribution in [3.8, 4) is 0 Å². The molecule has 10 heavy (non-hydrogen) atoms. The summed E-state index contributed by atoms with van der Waals surface area (Å²) < 4.78 is 28.0. The lowest BCUT2D eigenvalue weighted by Crippen LogP contribution is -2.02. The van der Waals surface area contributed by atoms with Crippen molar-refractivity contribution in [2.45, 2.75) is 19.8 Å². The molecule has 0 aromatic heterocycles. The first kappa shape index (κ1) is 12.5. The minimum atomic E-state index is -3.69. The summed E-state index contributed by atoms with van der Waals surface area (Å²) in [6.07, 6.45) is 1.33. The third kappa shape index (κ3) is 15.7. The molecule has 0 amide bonds. The van der Waals surface area contributed by atoms with E-state index < -0.39 is 10.1 Å². The lowest BCUT2D eigenvalue weighted by atomic mass is 10.4. The van der Waals surface area contributed by atoms with E-state index >= 15 is 0 Å². The van der Waals surface area contributed by atoms with Crippen LogP contribution in [0.4, 0.5) is 0 Å². The average molecular weight is 171 g/mol. The minimum absolute atomic E-state index is 0.108. The number of rotatable bonds is 3. The Bertz CT molecular complexity index is 141. The van der Waals surface area contributed by atoms with E-state index in [1.54, 1.807) is 0 Å². The minimum Gasteiger partial charge on any atom is -0.320 e. The molecule has 0 rings (SSSR count). The standard InChI is InChI=1S/C4H10O3S.H3NO/c1-2-3-4-8(5,6)7;1-2/h2-4H2,1H3,(H,5,6,7);2H,1H2. The van der Waals surface area contributed by atoms with Gasteiger partial charge in [-0.3, -0.25) is 4.55 Å². The lowest BCUT2D eigenvalue weighted by Gasteiger charge is -1.90. The zero-order chi connectivity index (χ0) is 8.62. The fourth-order valence-corrected chi connectivity index (χ4v) is 0.980. The highest BCUT2D eigenvalue weighted by Gasteiger charge is 2.00. The van der Waals surface area contributed by atoms with Gasteiger partial charge in [-0.2, -0.15) is 8.42 Å². The summed E-state index contributed by atoms with van der Waals surface area (Å²) >= 11 is 0. The van der Waals surface area contributed by atoms with Crippen LogP contribution < -0.4 is 5.90 Å². The van der Waals surface area contributed by atoms with Crippen LogP contribution in [-0.2, 0) is 10.1 Å². The molecular formula is C4H13NO4S. The SMILES string of the molecule is CCCCS(=O)(=O)O.NO. The van der Waals surface area contributed by atoms with Gasteiger partial charge in [-0.15, -0.1) is 0 Å². The van der Waals surface area contributed by atoms with Crippen molar-refractivity contribution in [2.24, 2.45) is 5.90 Å². The molecule has 0 saturated heterocycles. The summed E-state index contributed by atoms with van der Waals surface area (Å²) in [5.74, 6) is 3.39. The molecule has 6 heteroatoms. The fraction of sp³-hybridized carbons (Fsp3) is 1.00. The maximum atomic E-state index is 9.95. The van der Waals surface area contributed by atoms with Gasteiger partial charge in [0.15, 0.2) is 0 Å². The second-order valence-corrected chi connectivity index (χ2v) is 3.21. The molecule has 4 N–H and O–H groups in total. The first-order valence-electron chi connectivity index (χ1n) is 2.77. The van der Waals surface area contributed by atoms with Crippen LogP contribution in [-0.4, -0.2) is 23.9 Å². The molecule has 0 heterocycles. The molecule has 0 fully saturated rings. The monoisotopic (exact) mass is 171 g/mol. The summed E-state index contributed by atoms with van der Waals surface area (Å²) in [4.78, 5) is 0. The molecule has 5 nitrogen and oxygen atoms in total. The van der Waals surface area contributed by atoms with Gasteiger partial charge < -0.3 is 5.21 Å². The van der Waals surface area contributed by atoms with Crippen LogP contribution in [0.5, 0.6) is 0 Å². The molecule has 0 saturated carbocycles. The Morgan fingerprint density at radius 2 is 1.80 bits per heavy atom. The number of nitrogens with two attached hydrogens (primary N) is 1. The van der Waals surface area contributed by atoms with E-state index in [2.05, 4.69) is 5.90 Å². The van der Waals surface area contributed by atoms with Gasteiger partial charge in [0.25, 0.3) is 10.1 Å². The predicted octanol–water partition coefficient (Wildman–Crippen LogP) is 0.00860. The van der Waals surface area contributed by atoms with Gasteiger partial charge in [0.1, 0.15) is 0 Å². The molecule has 64 valence electrons. The highest BCUT2D eigenvalue weighted by Crippen LogP contribution is 1.90. The zero-order valence-corrected chi connectivity index (χ0v) is 6.63. The van der Waals surface area contributed by atoms with E-state index in [4.69, 9.17) is 9.76 Å². The molecule has 0 aromatic rings. The lowest BCUT2D eigenvalue weighted by molar-refractivity contribution is 0.311. The van der Waals surface area contributed by atoms with Crippen molar-refractivity contribution in [1.29, 1.82) is 0 Å². The van der Waals surface area contributed by atoms with Crippen molar-refractivity contribution in [3.63, 3.8) is 0 Å². The molecular weight excluding hydrogens is 158 g/mol. The first-order chi connectivity index (χ1) is 4.56. The average Bonchev–Trinajstić information content (AvgIpc) is 1.87. The zero-order valence-electron chi connectivity index (χ0n) is 5.82. The summed E-state index contributed by atoms with van der Waals surface area (Å²) in [6, 6.07) is 0. The van der Waals surface area contributed by atoms with Gasteiger partial charge in [0.2, 0.25) is 0 Å². The van der Waals surface area contributed by atoms with Crippen LogP contribution in [0.3, 0.4) is 0 Å². The highest BCUT2D eigenvalue weighted by atomic mass is 32.2. The smallest absolute Gasteiger partial charge is 0.264 e. The number of hydrogen-bond donors (Lipinski definition) is 3. The van der Waals surface area contributed by atoms with Gasteiger partial charge in [-0.25, -0.2) is 5.90 Å². The van der Waals surface area contributed by atoms with E-state index in [0.29, 0.717) is 6.42 Å². The van der Waals surface area contributed by atoms with Crippen LogP contribution in [0.2, 0.25) is 0 Å². The summed E-state index contributed by atoms with van der Waals surface area (Å²) in [6.45, 7) is 1.87. The van der Waals surface area contributed by atoms with Crippen LogP contribution in [0.1, 0.15) is 19.8 Å². The van der Waals surface area contributed by atoms with E-state index in [1.165, 1.54) is 0 Å². The van der Waals surface area contributed by atoms with Crippen LogP contribution in [0.15, 0.2) is 0 Å². The summed E-state index contributed by atoms with van der Waals surface area (Å²) in [5.41, 5.74) is 0. The Kier molecular flexibility index (Phi) is 8.68. The highest BCUT2D eigenvalue weighted by molar-refractivity contribution is 7.85. The van der Waals surface area contributed by atoms with Crippen molar-refractivity contribution >= 4 is 10.1 Å². The van der Waals surface area contributed by atoms with E-state index in [1.807, 2.05) is 6.92 Å². The first-order valence-corrected chi connectivity index (χ1v) is 4.38. The molecule has 0 unspecified atom stereocenters. The molecule has 0 aliphatic heterocycles. The molecule has 0 aliphatic carbocycles. The second-order valence-electron chi connectivity index (χ2n) is 1.64.